The SMILES string of the molecule is CC1=CC2(CCCC=C2C)OCC1. The van der Waals surface area contributed by atoms with E-state index in [4.69, 9.17) is 4.74 Å². The summed E-state index contributed by atoms with van der Waals surface area (Å²) in [6, 6.07) is 0. The minimum Gasteiger partial charge on any atom is -0.366 e. The van der Waals surface area contributed by atoms with Gasteiger partial charge in [-0.3, -0.25) is 0 Å². The van der Waals surface area contributed by atoms with Crippen LogP contribution in [-0.2, 0) is 4.74 Å². The number of rotatable bonds is 0. The largest absolute Gasteiger partial charge is 0.366 e. The Labute approximate surface area is 80.5 Å². The molecule has 1 aliphatic carbocycles. The topological polar surface area (TPSA) is 9.23 Å². The van der Waals surface area contributed by atoms with E-state index in [1.54, 1.807) is 0 Å². The quantitative estimate of drug-likeness (QED) is 0.517. The normalized spacial score (nSPS) is 34.3. The monoisotopic (exact) mass is 178 g/mol. The molecule has 0 N–H and O–H groups in total. The van der Waals surface area contributed by atoms with E-state index < -0.39 is 0 Å². The van der Waals surface area contributed by atoms with E-state index in [1.807, 2.05) is 0 Å². The van der Waals surface area contributed by atoms with Crippen molar-refractivity contribution in [2.24, 2.45) is 0 Å². The lowest BCUT2D eigenvalue weighted by molar-refractivity contribution is 0.000153. The van der Waals surface area contributed by atoms with Gasteiger partial charge >= 0.3 is 0 Å². The lowest BCUT2D eigenvalue weighted by Crippen LogP contribution is -2.36. The van der Waals surface area contributed by atoms with Gasteiger partial charge in [-0.25, -0.2) is 0 Å². The molecule has 0 radical (unpaired) electrons. The summed E-state index contributed by atoms with van der Waals surface area (Å²) >= 11 is 0. The van der Waals surface area contributed by atoms with Gasteiger partial charge in [0.15, 0.2) is 0 Å². The van der Waals surface area contributed by atoms with Gasteiger partial charge in [0.25, 0.3) is 0 Å². The molecule has 0 aromatic heterocycles. The third-order valence-corrected chi connectivity index (χ3v) is 3.21. The first-order chi connectivity index (χ1) is 6.23. The Balaban J connectivity index is 2.32. The summed E-state index contributed by atoms with van der Waals surface area (Å²) < 4.78 is 5.94. The third kappa shape index (κ3) is 1.58. The van der Waals surface area contributed by atoms with Crippen molar-refractivity contribution >= 4 is 0 Å². The van der Waals surface area contributed by atoms with Crippen LogP contribution in [0.2, 0.25) is 0 Å². The van der Waals surface area contributed by atoms with E-state index in [9.17, 15) is 0 Å². The van der Waals surface area contributed by atoms with E-state index in [2.05, 4.69) is 26.0 Å². The fourth-order valence-electron chi connectivity index (χ4n) is 2.33. The molecular formula is C12H18O. The van der Waals surface area contributed by atoms with Gasteiger partial charge in [-0.15, -0.1) is 0 Å². The lowest BCUT2D eigenvalue weighted by Gasteiger charge is -2.38. The zero-order valence-corrected chi connectivity index (χ0v) is 8.60. The van der Waals surface area contributed by atoms with E-state index in [0.29, 0.717) is 0 Å². The van der Waals surface area contributed by atoms with Gasteiger partial charge in [-0.1, -0.05) is 11.6 Å². The minimum atomic E-state index is -0.0133. The molecule has 0 amide bonds. The van der Waals surface area contributed by atoms with Gasteiger partial charge < -0.3 is 4.74 Å². The average Bonchev–Trinajstić information content (AvgIpc) is 2.11. The molecule has 1 unspecified atom stereocenters. The predicted molar refractivity (Wildman–Crippen MR) is 54.7 cm³/mol. The van der Waals surface area contributed by atoms with Gasteiger partial charge in [-0.05, 0) is 51.2 Å². The van der Waals surface area contributed by atoms with Crippen molar-refractivity contribution in [1.29, 1.82) is 0 Å². The molecule has 0 fully saturated rings. The zero-order chi connectivity index (χ0) is 9.31. The smallest absolute Gasteiger partial charge is 0.107 e. The van der Waals surface area contributed by atoms with Crippen LogP contribution in [0.25, 0.3) is 0 Å². The van der Waals surface area contributed by atoms with Crippen molar-refractivity contribution in [1.82, 2.24) is 0 Å². The van der Waals surface area contributed by atoms with Gasteiger partial charge in [0.2, 0.25) is 0 Å². The van der Waals surface area contributed by atoms with E-state index in [1.165, 1.54) is 30.4 Å². The molecular weight excluding hydrogens is 160 g/mol. The number of hydrogen-bond donors (Lipinski definition) is 0. The molecule has 72 valence electrons. The Bertz CT molecular complexity index is 258. The molecule has 0 saturated heterocycles. The first-order valence-corrected chi connectivity index (χ1v) is 5.22. The molecule has 0 aromatic carbocycles. The van der Waals surface area contributed by atoms with Gasteiger partial charge in [0.1, 0.15) is 5.60 Å². The molecule has 0 aromatic rings. The Kier molecular flexibility index (Phi) is 2.29. The van der Waals surface area contributed by atoms with Crippen LogP contribution in [0.3, 0.4) is 0 Å². The highest BCUT2D eigenvalue weighted by Gasteiger charge is 2.34. The second-order valence-corrected chi connectivity index (χ2v) is 4.26. The molecule has 0 saturated carbocycles. The van der Waals surface area contributed by atoms with Crippen molar-refractivity contribution in [3.8, 4) is 0 Å². The Morgan fingerprint density at radius 3 is 2.92 bits per heavy atom. The number of hydrogen-bond acceptors (Lipinski definition) is 1. The first kappa shape index (κ1) is 9.01. The molecule has 1 aliphatic heterocycles. The molecule has 1 atom stereocenters. The predicted octanol–water partition coefficient (Wildman–Crippen LogP) is 3.22. The van der Waals surface area contributed by atoms with Crippen LogP contribution in [0.5, 0.6) is 0 Å². The Hall–Kier alpha value is -0.560. The van der Waals surface area contributed by atoms with Crippen molar-refractivity contribution < 1.29 is 4.74 Å². The molecule has 1 heteroatoms. The molecule has 2 aliphatic rings. The second kappa shape index (κ2) is 3.30. The summed E-state index contributed by atoms with van der Waals surface area (Å²) in [5.74, 6) is 0. The summed E-state index contributed by atoms with van der Waals surface area (Å²) in [7, 11) is 0. The molecule has 1 nitrogen and oxygen atoms in total. The summed E-state index contributed by atoms with van der Waals surface area (Å²) in [5.41, 5.74) is 2.89. The lowest BCUT2D eigenvalue weighted by atomic mass is 9.81. The Morgan fingerprint density at radius 2 is 2.23 bits per heavy atom. The van der Waals surface area contributed by atoms with Crippen LogP contribution < -0.4 is 0 Å². The molecule has 2 rings (SSSR count). The number of ether oxygens (including phenoxy) is 1. The fourth-order valence-corrected chi connectivity index (χ4v) is 2.33. The summed E-state index contributed by atoms with van der Waals surface area (Å²) in [6.45, 7) is 5.31. The fraction of sp³-hybridized carbons (Fsp3) is 0.667. The molecule has 1 heterocycles. The highest BCUT2D eigenvalue weighted by atomic mass is 16.5. The van der Waals surface area contributed by atoms with Crippen LogP contribution in [0.4, 0.5) is 0 Å². The minimum absolute atomic E-state index is 0.0133. The van der Waals surface area contributed by atoms with Crippen LogP contribution in [0, 0.1) is 0 Å². The van der Waals surface area contributed by atoms with Crippen molar-refractivity contribution in [2.75, 3.05) is 6.61 Å². The first-order valence-electron chi connectivity index (χ1n) is 5.22. The van der Waals surface area contributed by atoms with Crippen LogP contribution in [-0.4, -0.2) is 12.2 Å². The molecule has 13 heavy (non-hydrogen) atoms. The van der Waals surface area contributed by atoms with Crippen molar-refractivity contribution in [2.45, 2.75) is 45.1 Å². The van der Waals surface area contributed by atoms with Gasteiger partial charge in [-0.2, -0.15) is 0 Å². The van der Waals surface area contributed by atoms with Gasteiger partial charge in [0.05, 0.1) is 6.61 Å². The molecule has 0 bridgehead atoms. The molecule has 1 spiro atoms. The maximum absolute atomic E-state index is 5.94. The standard InChI is InChI=1S/C12H18O/c1-10-6-8-13-12(9-10)7-4-3-5-11(12)2/h5,9H,3-4,6-8H2,1-2H3. The summed E-state index contributed by atoms with van der Waals surface area (Å²) in [6.07, 6.45) is 9.44. The summed E-state index contributed by atoms with van der Waals surface area (Å²) in [4.78, 5) is 0. The van der Waals surface area contributed by atoms with Crippen LogP contribution >= 0.6 is 0 Å². The van der Waals surface area contributed by atoms with Crippen LogP contribution in [0.15, 0.2) is 23.3 Å². The highest BCUT2D eigenvalue weighted by molar-refractivity contribution is 5.29. The number of allylic oxidation sites excluding steroid dienone is 1. The maximum Gasteiger partial charge on any atom is 0.107 e. The zero-order valence-electron chi connectivity index (χ0n) is 8.60. The van der Waals surface area contributed by atoms with E-state index in [0.717, 1.165) is 13.0 Å². The van der Waals surface area contributed by atoms with Crippen molar-refractivity contribution in [3.63, 3.8) is 0 Å². The Morgan fingerprint density at radius 1 is 1.38 bits per heavy atom. The summed E-state index contributed by atoms with van der Waals surface area (Å²) in [5, 5.41) is 0. The van der Waals surface area contributed by atoms with Crippen LogP contribution in [0.1, 0.15) is 39.5 Å². The van der Waals surface area contributed by atoms with E-state index >= 15 is 0 Å². The van der Waals surface area contributed by atoms with Gasteiger partial charge in [0, 0.05) is 0 Å². The maximum atomic E-state index is 5.94. The van der Waals surface area contributed by atoms with E-state index in [-0.39, 0.29) is 5.60 Å². The average molecular weight is 178 g/mol. The second-order valence-electron chi connectivity index (χ2n) is 4.26. The highest BCUT2D eigenvalue weighted by Crippen LogP contribution is 2.37. The van der Waals surface area contributed by atoms with Crippen molar-refractivity contribution in [3.05, 3.63) is 23.3 Å². The third-order valence-electron chi connectivity index (χ3n) is 3.21.